The maximum atomic E-state index is 3.92. The van der Waals surface area contributed by atoms with Gasteiger partial charge in [-0.1, -0.05) is 7.43 Å². The molecule has 0 fully saturated rings. The van der Waals surface area contributed by atoms with Gasteiger partial charge in [-0.05, 0) is 0 Å². The Balaban J connectivity index is 0.000000640. The van der Waals surface area contributed by atoms with E-state index in [1.807, 2.05) is 7.05 Å². The van der Waals surface area contributed by atoms with Crippen LogP contribution in [0.5, 0.6) is 0 Å². The van der Waals surface area contributed by atoms with Gasteiger partial charge in [0.05, 0.1) is 6.20 Å². The number of nitrogens with one attached hydrogen (secondary N) is 1. The van der Waals surface area contributed by atoms with Gasteiger partial charge in [0, 0.05) is 19.4 Å². The average Bonchev–Trinajstić information content (AvgIpc) is 1.90. The molecule has 0 atom stereocenters. The molecule has 1 aromatic rings. The van der Waals surface area contributed by atoms with Crippen molar-refractivity contribution in [1.29, 1.82) is 0 Å². The van der Waals surface area contributed by atoms with Gasteiger partial charge in [0.25, 0.3) is 0 Å². The topological polar surface area (TPSA) is 37.8 Å². The zero-order chi connectivity index (χ0) is 5.82. The lowest BCUT2D eigenvalue weighted by molar-refractivity contribution is 1.19. The van der Waals surface area contributed by atoms with Crippen molar-refractivity contribution in [3.8, 4) is 0 Å². The van der Waals surface area contributed by atoms with Crippen molar-refractivity contribution >= 4 is 5.82 Å². The molecule has 9 heavy (non-hydrogen) atoms. The summed E-state index contributed by atoms with van der Waals surface area (Å²) in [5.41, 5.74) is 0. The molecule has 0 unspecified atom stereocenters. The first-order valence-electron chi connectivity index (χ1n) is 2.37. The van der Waals surface area contributed by atoms with Crippen molar-refractivity contribution in [2.45, 2.75) is 7.43 Å². The summed E-state index contributed by atoms with van der Waals surface area (Å²) in [4.78, 5) is 7.75. The normalized spacial score (nSPS) is 7.67. The highest BCUT2D eigenvalue weighted by molar-refractivity contribution is 5.27. The fourth-order valence-electron chi connectivity index (χ4n) is 0.428. The van der Waals surface area contributed by atoms with Crippen LogP contribution < -0.4 is 5.32 Å². The van der Waals surface area contributed by atoms with E-state index in [1.165, 1.54) is 0 Å². The van der Waals surface area contributed by atoms with Gasteiger partial charge in [-0.2, -0.15) is 0 Å². The Morgan fingerprint density at radius 3 is 2.56 bits per heavy atom. The summed E-state index contributed by atoms with van der Waals surface area (Å²) in [6.45, 7) is 0. The average molecular weight is 125 g/mol. The van der Waals surface area contributed by atoms with Crippen molar-refractivity contribution in [2.75, 3.05) is 12.4 Å². The van der Waals surface area contributed by atoms with Crippen molar-refractivity contribution in [2.24, 2.45) is 0 Å². The monoisotopic (exact) mass is 125 g/mol. The van der Waals surface area contributed by atoms with Gasteiger partial charge in [-0.15, -0.1) is 0 Å². The van der Waals surface area contributed by atoms with E-state index in [1.54, 1.807) is 18.6 Å². The Hall–Kier alpha value is -1.12. The summed E-state index contributed by atoms with van der Waals surface area (Å²) in [6.07, 6.45) is 4.95. The zero-order valence-electron chi connectivity index (χ0n) is 4.63. The molecule has 1 rings (SSSR count). The van der Waals surface area contributed by atoms with Gasteiger partial charge in [0.2, 0.25) is 0 Å². The molecule has 3 nitrogen and oxygen atoms in total. The smallest absolute Gasteiger partial charge is 0.144 e. The molecule has 1 heterocycles. The SMILES string of the molecule is C.CNc1cnccn1. The maximum Gasteiger partial charge on any atom is 0.144 e. The molecule has 0 bridgehead atoms. The van der Waals surface area contributed by atoms with E-state index >= 15 is 0 Å². The summed E-state index contributed by atoms with van der Waals surface area (Å²) in [7, 11) is 1.81. The Bertz CT molecular complexity index is 150. The van der Waals surface area contributed by atoms with Gasteiger partial charge in [0.15, 0.2) is 0 Å². The van der Waals surface area contributed by atoms with E-state index in [0.29, 0.717) is 0 Å². The van der Waals surface area contributed by atoms with E-state index in [-0.39, 0.29) is 7.43 Å². The Kier molecular flexibility index (Phi) is 3.35. The predicted octanol–water partition coefficient (Wildman–Crippen LogP) is 1.15. The van der Waals surface area contributed by atoms with E-state index in [0.717, 1.165) is 5.82 Å². The molecule has 0 amide bonds. The molecule has 0 spiro atoms. The number of hydrogen-bond acceptors (Lipinski definition) is 3. The van der Waals surface area contributed by atoms with Crippen molar-refractivity contribution in [3.63, 3.8) is 0 Å². The van der Waals surface area contributed by atoms with E-state index in [9.17, 15) is 0 Å². The molecule has 0 saturated heterocycles. The predicted molar refractivity (Wildman–Crippen MR) is 38.3 cm³/mol. The van der Waals surface area contributed by atoms with Crippen LogP contribution in [0, 0.1) is 0 Å². The van der Waals surface area contributed by atoms with Crippen LogP contribution in [-0.4, -0.2) is 17.0 Å². The molecular formula is C6H11N3. The van der Waals surface area contributed by atoms with Gasteiger partial charge in [0.1, 0.15) is 5.82 Å². The van der Waals surface area contributed by atoms with Crippen LogP contribution in [-0.2, 0) is 0 Å². The first kappa shape index (κ1) is 7.88. The largest absolute Gasteiger partial charge is 0.372 e. The zero-order valence-corrected chi connectivity index (χ0v) is 4.63. The fourth-order valence-corrected chi connectivity index (χ4v) is 0.428. The fraction of sp³-hybridized carbons (Fsp3) is 0.333. The number of aromatic nitrogens is 2. The Morgan fingerprint density at radius 2 is 2.22 bits per heavy atom. The first-order chi connectivity index (χ1) is 3.93. The molecule has 0 saturated carbocycles. The quantitative estimate of drug-likeness (QED) is 0.612. The molecule has 50 valence electrons. The molecule has 0 aromatic carbocycles. The highest BCUT2D eigenvalue weighted by Crippen LogP contribution is 1.91. The second-order valence-corrected chi connectivity index (χ2v) is 1.34. The third kappa shape index (κ3) is 2.08. The van der Waals surface area contributed by atoms with Gasteiger partial charge in [-0.25, -0.2) is 4.98 Å². The van der Waals surface area contributed by atoms with E-state index in [4.69, 9.17) is 0 Å². The van der Waals surface area contributed by atoms with Crippen molar-refractivity contribution in [3.05, 3.63) is 18.6 Å². The molecule has 1 N–H and O–H groups in total. The van der Waals surface area contributed by atoms with Crippen LogP contribution in [0.2, 0.25) is 0 Å². The van der Waals surface area contributed by atoms with E-state index < -0.39 is 0 Å². The third-order valence-electron chi connectivity index (χ3n) is 0.819. The lowest BCUT2D eigenvalue weighted by Gasteiger charge is -1.92. The number of anilines is 1. The number of hydrogen-bond donors (Lipinski definition) is 1. The minimum Gasteiger partial charge on any atom is -0.372 e. The molecule has 1 aromatic heterocycles. The molecule has 0 radical (unpaired) electrons. The lowest BCUT2D eigenvalue weighted by Crippen LogP contribution is -1.90. The minimum absolute atomic E-state index is 0. The molecule has 0 aliphatic carbocycles. The molecule has 0 aliphatic heterocycles. The van der Waals surface area contributed by atoms with Crippen LogP contribution in [0.15, 0.2) is 18.6 Å². The maximum absolute atomic E-state index is 3.92. The summed E-state index contributed by atoms with van der Waals surface area (Å²) in [5, 5.41) is 2.85. The molecule has 3 heteroatoms. The highest BCUT2D eigenvalue weighted by atomic mass is 15.0. The summed E-state index contributed by atoms with van der Waals surface area (Å²) in [5.74, 6) is 0.799. The van der Waals surface area contributed by atoms with Crippen LogP contribution in [0.1, 0.15) is 7.43 Å². The van der Waals surface area contributed by atoms with Crippen LogP contribution in [0.4, 0.5) is 5.82 Å². The van der Waals surface area contributed by atoms with Gasteiger partial charge < -0.3 is 5.32 Å². The van der Waals surface area contributed by atoms with E-state index in [2.05, 4.69) is 15.3 Å². The number of nitrogens with zero attached hydrogens (tertiary/aromatic N) is 2. The summed E-state index contributed by atoms with van der Waals surface area (Å²) >= 11 is 0. The minimum atomic E-state index is 0. The van der Waals surface area contributed by atoms with Crippen molar-refractivity contribution in [1.82, 2.24) is 9.97 Å². The number of rotatable bonds is 1. The molecular weight excluding hydrogens is 114 g/mol. The Morgan fingerprint density at radius 1 is 1.44 bits per heavy atom. The molecule has 0 aliphatic rings. The second kappa shape index (κ2) is 3.83. The lowest BCUT2D eigenvalue weighted by atomic mass is 10.7. The summed E-state index contributed by atoms with van der Waals surface area (Å²) in [6, 6.07) is 0. The Labute approximate surface area is 55.2 Å². The highest BCUT2D eigenvalue weighted by Gasteiger charge is 1.80. The standard InChI is InChI=1S/C5H7N3.CH4/c1-6-5-4-7-2-3-8-5;/h2-4H,1H3,(H,6,8);1H4. The van der Waals surface area contributed by atoms with Crippen LogP contribution in [0.3, 0.4) is 0 Å². The van der Waals surface area contributed by atoms with Gasteiger partial charge in [-0.3, -0.25) is 4.98 Å². The second-order valence-electron chi connectivity index (χ2n) is 1.34. The van der Waals surface area contributed by atoms with Crippen LogP contribution in [0.25, 0.3) is 0 Å². The first-order valence-corrected chi connectivity index (χ1v) is 2.37. The van der Waals surface area contributed by atoms with Gasteiger partial charge >= 0.3 is 0 Å². The van der Waals surface area contributed by atoms with Crippen LogP contribution >= 0.6 is 0 Å². The van der Waals surface area contributed by atoms with Crippen molar-refractivity contribution < 1.29 is 0 Å². The third-order valence-corrected chi connectivity index (χ3v) is 0.819. The summed E-state index contributed by atoms with van der Waals surface area (Å²) < 4.78 is 0.